The maximum atomic E-state index is 4.97. The summed E-state index contributed by atoms with van der Waals surface area (Å²) < 4.78 is 0. The molecule has 0 fully saturated rings. The Balaban J connectivity index is 3.76. The van der Waals surface area contributed by atoms with Crippen LogP contribution < -0.4 is 0 Å². The molecular formula is C27H43BS. The van der Waals surface area contributed by atoms with Crippen molar-refractivity contribution in [1.82, 2.24) is 0 Å². The minimum atomic E-state index is -0.196. The number of hydrogen-bond acceptors (Lipinski definition) is 1. The van der Waals surface area contributed by atoms with Crippen molar-refractivity contribution in [2.45, 2.75) is 99.8 Å². The zero-order valence-corrected chi connectivity index (χ0v) is 22.3. The third-order valence-electron chi connectivity index (χ3n) is 7.13. The highest BCUT2D eigenvalue weighted by atomic mass is 32.1. The molecule has 0 atom stereocenters. The average Bonchev–Trinajstić information content (AvgIpc) is 2.61. The van der Waals surface area contributed by atoms with Crippen LogP contribution in [0.5, 0.6) is 0 Å². The van der Waals surface area contributed by atoms with Gasteiger partial charge in [0.1, 0.15) is 7.85 Å². The van der Waals surface area contributed by atoms with E-state index >= 15 is 0 Å². The van der Waals surface area contributed by atoms with Crippen LogP contribution in [0, 0.1) is 33.1 Å². The number of benzene rings is 1. The molecule has 0 bridgehead atoms. The van der Waals surface area contributed by atoms with Crippen molar-refractivity contribution in [3.05, 3.63) is 62.2 Å². The third-order valence-corrected chi connectivity index (χ3v) is 7.69. The molecule has 0 unspecified atom stereocenters. The number of allylic oxidation sites excluding steroid dienone is 5. The Morgan fingerprint density at radius 2 is 1.34 bits per heavy atom. The van der Waals surface area contributed by atoms with Crippen molar-refractivity contribution in [3.8, 4) is 0 Å². The lowest BCUT2D eigenvalue weighted by atomic mass is 9.65. The zero-order chi connectivity index (χ0) is 23.1. The number of thiol groups is 1. The van der Waals surface area contributed by atoms with Crippen LogP contribution in [0.15, 0.2) is 39.2 Å². The smallest absolute Gasteiger partial charge is 0.140 e. The summed E-state index contributed by atoms with van der Waals surface area (Å²) in [7, 11) is 2.25. The molecule has 0 aliphatic heterocycles. The van der Waals surface area contributed by atoms with Crippen molar-refractivity contribution >= 4 is 20.5 Å². The van der Waals surface area contributed by atoms with Gasteiger partial charge in [-0.25, -0.2) is 0 Å². The molecule has 0 aliphatic rings. The summed E-state index contributed by atoms with van der Waals surface area (Å²) in [5.74, 6) is 0. The monoisotopic (exact) mass is 410 g/mol. The molecule has 0 N–H and O–H groups in total. The summed E-state index contributed by atoms with van der Waals surface area (Å²) in [4.78, 5) is 1.11. The van der Waals surface area contributed by atoms with Crippen molar-refractivity contribution < 1.29 is 0 Å². The summed E-state index contributed by atoms with van der Waals surface area (Å²) in [6.45, 7) is 31.8. The van der Waals surface area contributed by atoms with E-state index in [9.17, 15) is 0 Å². The lowest BCUT2D eigenvalue weighted by Gasteiger charge is -2.36. The van der Waals surface area contributed by atoms with Crippen LogP contribution in [0.25, 0.3) is 0 Å². The SMILES string of the molecule is B/C(C(=C)C(C)(C)c1c(C)c(C)c(C)c(C)c1S)=C(C)/C(=C(/C)CC)C(C)(C)C. The molecule has 0 saturated heterocycles. The molecule has 0 nitrogen and oxygen atoms in total. The lowest BCUT2D eigenvalue weighted by Crippen LogP contribution is -2.26. The second kappa shape index (κ2) is 8.92. The zero-order valence-electron chi connectivity index (χ0n) is 21.4. The van der Waals surface area contributed by atoms with Gasteiger partial charge in [-0.3, -0.25) is 0 Å². The van der Waals surface area contributed by atoms with Gasteiger partial charge in [0.25, 0.3) is 0 Å². The minimum absolute atomic E-state index is 0.109. The van der Waals surface area contributed by atoms with Gasteiger partial charge < -0.3 is 0 Å². The van der Waals surface area contributed by atoms with Crippen molar-refractivity contribution in [2.75, 3.05) is 0 Å². The highest BCUT2D eigenvalue weighted by Crippen LogP contribution is 2.44. The first-order chi connectivity index (χ1) is 13.0. The first-order valence-electron chi connectivity index (χ1n) is 10.9. The van der Waals surface area contributed by atoms with E-state index in [4.69, 9.17) is 12.6 Å². The van der Waals surface area contributed by atoms with Crippen LogP contribution >= 0.6 is 12.6 Å². The first-order valence-corrected chi connectivity index (χ1v) is 11.3. The molecule has 1 rings (SSSR count). The van der Waals surface area contributed by atoms with Gasteiger partial charge >= 0.3 is 0 Å². The third kappa shape index (κ3) is 4.79. The van der Waals surface area contributed by atoms with Crippen LogP contribution in [0.3, 0.4) is 0 Å². The molecule has 2 heteroatoms. The van der Waals surface area contributed by atoms with Gasteiger partial charge in [-0.15, -0.1) is 12.6 Å². The lowest BCUT2D eigenvalue weighted by molar-refractivity contribution is 0.502. The number of rotatable bonds is 5. The predicted molar refractivity (Wildman–Crippen MR) is 138 cm³/mol. The Bertz CT molecular complexity index is 857. The molecule has 1 aromatic rings. The largest absolute Gasteiger partial charge is 0.143 e. The molecule has 0 saturated carbocycles. The molecule has 0 aliphatic carbocycles. The van der Waals surface area contributed by atoms with E-state index in [1.807, 2.05) is 0 Å². The van der Waals surface area contributed by atoms with Crippen molar-refractivity contribution in [2.24, 2.45) is 5.41 Å². The maximum absolute atomic E-state index is 4.97. The normalized spacial score (nSPS) is 14.5. The van der Waals surface area contributed by atoms with Gasteiger partial charge in [0, 0.05) is 10.3 Å². The fourth-order valence-corrected chi connectivity index (χ4v) is 5.41. The van der Waals surface area contributed by atoms with Crippen molar-refractivity contribution in [1.29, 1.82) is 0 Å². The topological polar surface area (TPSA) is 0 Å². The van der Waals surface area contributed by atoms with Crippen molar-refractivity contribution in [3.63, 3.8) is 0 Å². The fourth-order valence-electron chi connectivity index (χ4n) is 4.79. The predicted octanol–water partition coefficient (Wildman–Crippen LogP) is 7.72. The highest BCUT2D eigenvalue weighted by molar-refractivity contribution is 7.80. The summed E-state index contributed by atoms with van der Waals surface area (Å²) in [6.07, 6.45) is 1.07. The summed E-state index contributed by atoms with van der Waals surface area (Å²) in [5, 5.41) is 0. The molecule has 29 heavy (non-hydrogen) atoms. The summed E-state index contributed by atoms with van der Waals surface area (Å²) >= 11 is 4.97. The van der Waals surface area contributed by atoms with E-state index in [2.05, 4.69) is 97.5 Å². The highest BCUT2D eigenvalue weighted by Gasteiger charge is 2.32. The van der Waals surface area contributed by atoms with Crippen LogP contribution in [-0.2, 0) is 5.41 Å². The van der Waals surface area contributed by atoms with Gasteiger partial charge in [0.15, 0.2) is 0 Å². The Labute approximate surface area is 187 Å². The van der Waals surface area contributed by atoms with Gasteiger partial charge in [0.2, 0.25) is 0 Å². The molecule has 0 aromatic heterocycles. The molecule has 0 heterocycles. The molecule has 0 radical (unpaired) electrons. The molecule has 0 amide bonds. The molecule has 0 spiro atoms. The fraction of sp³-hybridized carbons (Fsp3) is 0.556. The second-order valence-electron chi connectivity index (χ2n) is 10.3. The van der Waals surface area contributed by atoms with Gasteiger partial charge in [-0.1, -0.05) is 70.3 Å². The van der Waals surface area contributed by atoms with E-state index in [0.717, 1.165) is 11.3 Å². The maximum Gasteiger partial charge on any atom is 0.140 e. The van der Waals surface area contributed by atoms with E-state index in [1.54, 1.807) is 0 Å². The van der Waals surface area contributed by atoms with E-state index in [0.29, 0.717) is 0 Å². The Morgan fingerprint density at radius 1 is 0.897 bits per heavy atom. The van der Waals surface area contributed by atoms with E-state index in [-0.39, 0.29) is 10.8 Å². The first kappa shape index (κ1) is 25.9. The Kier molecular flexibility index (Phi) is 7.97. The quantitative estimate of drug-likeness (QED) is 0.287. The molecular weight excluding hydrogens is 367 g/mol. The van der Waals surface area contributed by atoms with Crippen LogP contribution in [0.1, 0.15) is 89.6 Å². The van der Waals surface area contributed by atoms with Gasteiger partial charge in [-0.2, -0.15) is 0 Å². The van der Waals surface area contributed by atoms with Crippen LogP contribution in [-0.4, -0.2) is 7.85 Å². The summed E-state index contributed by atoms with van der Waals surface area (Å²) in [6, 6.07) is 0. The standard InChI is InChI=1S/C27H43BS/c1-14-15(2)22(26(9,10)11)20(7)24(28)21(8)27(12,13)23-18(5)16(3)17(4)19(6)25(23)29/h29H,8,14,28H2,1-7,9-13H3/b22-15+,24-20+. The number of hydrogen-bond donors (Lipinski definition) is 1. The van der Waals surface area contributed by atoms with Gasteiger partial charge in [0.05, 0.1) is 0 Å². The van der Waals surface area contributed by atoms with Crippen LogP contribution in [0.2, 0.25) is 0 Å². The Hall–Kier alpha value is -1.15. The molecule has 160 valence electrons. The van der Waals surface area contributed by atoms with Gasteiger partial charge in [-0.05, 0) is 86.8 Å². The van der Waals surface area contributed by atoms with E-state index < -0.39 is 0 Å². The average molecular weight is 411 g/mol. The Morgan fingerprint density at radius 3 is 1.76 bits per heavy atom. The minimum Gasteiger partial charge on any atom is -0.143 e. The second-order valence-corrected chi connectivity index (χ2v) is 10.8. The summed E-state index contributed by atoms with van der Waals surface area (Å²) in [5.41, 5.74) is 13.3. The van der Waals surface area contributed by atoms with Crippen LogP contribution in [0.4, 0.5) is 0 Å². The van der Waals surface area contributed by atoms with E-state index in [1.165, 1.54) is 55.6 Å². The molecule has 1 aromatic carbocycles.